The van der Waals surface area contributed by atoms with Crippen LogP contribution in [0.25, 0.3) is 15.7 Å². The number of anilines is 2. The predicted molar refractivity (Wildman–Crippen MR) is 144 cm³/mol. The van der Waals surface area contributed by atoms with Crippen LogP contribution in [0.4, 0.5) is 26.2 Å². The van der Waals surface area contributed by atoms with Crippen LogP contribution >= 0.6 is 0 Å². The van der Waals surface area contributed by atoms with E-state index in [1.54, 1.807) is 54.7 Å². The fourth-order valence-corrected chi connectivity index (χ4v) is 3.76. The van der Waals surface area contributed by atoms with Gasteiger partial charge in [0.15, 0.2) is 0 Å². The topological polar surface area (TPSA) is 76.8 Å². The number of nitrogens with one attached hydrogen (secondary N) is 2. The minimum absolute atomic E-state index is 0.000802. The summed E-state index contributed by atoms with van der Waals surface area (Å²) in [6.45, 7) is 7.92. The number of benzene rings is 4. The van der Waals surface area contributed by atoms with Crippen LogP contribution in [0.2, 0.25) is 0 Å². The van der Waals surface area contributed by atoms with E-state index in [-0.39, 0.29) is 11.4 Å². The van der Waals surface area contributed by atoms with Crippen LogP contribution in [0.3, 0.4) is 0 Å². The van der Waals surface area contributed by atoms with Crippen molar-refractivity contribution in [3.63, 3.8) is 0 Å². The van der Waals surface area contributed by atoms with Gasteiger partial charge in [0, 0.05) is 23.3 Å². The lowest BCUT2D eigenvalue weighted by atomic mass is 10.1. The quantitative estimate of drug-likeness (QED) is 0.221. The Morgan fingerprint density at radius 1 is 0.895 bits per heavy atom. The molecule has 0 spiro atoms. The molecule has 0 unspecified atom stereocenters. The molecule has 4 aromatic carbocycles. The Morgan fingerprint density at radius 2 is 1.66 bits per heavy atom. The highest BCUT2D eigenvalue weighted by Crippen LogP contribution is 2.38. The molecule has 1 heterocycles. The highest BCUT2D eigenvalue weighted by Gasteiger charge is 2.14. The Balaban J connectivity index is 1.33. The van der Waals surface area contributed by atoms with Crippen molar-refractivity contribution in [1.29, 1.82) is 0 Å². The van der Waals surface area contributed by atoms with E-state index >= 15 is 0 Å². The summed E-state index contributed by atoms with van der Waals surface area (Å²) in [5.41, 5.74) is 2.44. The number of fused-ring (bicyclic) bond motifs is 1. The highest BCUT2D eigenvalue weighted by atomic mass is 19.1. The van der Waals surface area contributed by atoms with Crippen molar-refractivity contribution >= 4 is 34.0 Å². The van der Waals surface area contributed by atoms with E-state index in [0.717, 1.165) is 5.56 Å². The van der Waals surface area contributed by atoms with E-state index in [1.165, 1.54) is 12.1 Å². The number of carbonyl (C=O) groups excluding carboxylic acids is 1. The Kier molecular flexibility index (Phi) is 7.09. The summed E-state index contributed by atoms with van der Waals surface area (Å²) in [6, 6.07) is 27.0. The molecule has 2 N–H and O–H groups in total. The minimum atomic E-state index is -0.664. The van der Waals surface area contributed by atoms with Crippen LogP contribution in [0.1, 0.15) is 5.56 Å². The molecule has 0 fully saturated rings. The number of rotatable bonds is 7. The molecule has 0 aliphatic rings. The van der Waals surface area contributed by atoms with Crippen molar-refractivity contribution in [2.24, 2.45) is 0 Å². The second kappa shape index (κ2) is 11.1. The maximum Gasteiger partial charge on any atom is 0.323 e. The van der Waals surface area contributed by atoms with Gasteiger partial charge >= 0.3 is 6.03 Å². The number of amides is 2. The van der Waals surface area contributed by atoms with E-state index in [1.807, 2.05) is 36.4 Å². The zero-order valence-corrected chi connectivity index (χ0v) is 20.0. The van der Waals surface area contributed by atoms with Crippen molar-refractivity contribution in [2.45, 2.75) is 6.61 Å². The summed E-state index contributed by atoms with van der Waals surface area (Å²) in [5.74, 6) is 0.369. The molecule has 5 rings (SSSR count). The number of halogens is 1. The third-order valence-electron chi connectivity index (χ3n) is 5.59. The third kappa shape index (κ3) is 5.69. The summed E-state index contributed by atoms with van der Waals surface area (Å²) in [7, 11) is 0. The second-order valence-electron chi connectivity index (χ2n) is 8.22. The van der Waals surface area contributed by atoms with Crippen molar-refractivity contribution < 1.29 is 18.7 Å². The molecule has 8 heteroatoms. The van der Waals surface area contributed by atoms with Gasteiger partial charge in [-0.1, -0.05) is 48.5 Å². The molecule has 0 aliphatic heterocycles. The summed E-state index contributed by atoms with van der Waals surface area (Å²) in [4.78, 5) is 20.2. The van der Waals surface area contributed by atoms with Crippen molar-refractivity contribution in [1.82, 2.24) is 4.98 Å². The van der Waals surface area contributed by atoms with Crippen LogP contribution in [0.5, 0.6) is 17.2 Å². The average Bonchev–Trinajstić information content (AvgIpc) is 2.94. The summed E-state index contributed by atoms with van der Waals surface area (Å²) in [6.07, 6.45) is 1.57. The number of nitrogens with zero attached hydrogens (tertiary/aromatic N) is 2. The van der Waals surface area contributed by atoms with Crippen LogP contribution in [0.15, 0.2) is 103 Å². The normalized spacial score (nSPS) is 10.4. The van der Waals surface area contributed by atoms with E-state index < -0.39 is 11.8 Å². The lowest BCUT2D eigenvalue weighted by molar-refractivity contribution is 0.262. The predicted octanol–water partition coefficient (Wildman–Crippen LogP) is 7.94. The van der Waals surface area contributed by atoms with Gasteiger partial charge in [-0.05, 0) is 48.0 Å². The number of urea groups is 1. The van der Waals surface area contributed by atoms with Crippen LogP contribution < -0.4 is 20.1 Å². The zero-order valence-electron chi connectivity index (χ0n) is 20.0. The van der Waals surface area contributed by atoms with Crippen molar-refractivity contribution in [3.05, 3.63) is 126 Å². The number of hydrogen-bond donors (Lipinski definition) is 2. The number of aromatic nitrogens is 1. The molecule has 2 amide bonds. The molecule has 0 atom stereocenters. The lowest BCUT2D eigenvalue weighted by Crippen LogP contribution is -2.20. The minimum Gasteiger partial charge on any atom is -0.500 e. The molecule has 0 saturated carbocycles. The van der Waals surface area contributed by atoms with Crippen LogP contribution in [0, 0.1) is 12.4 Å². The standard InChI is InChI=1S/C30H21FN4O3/c1-32-27-17-23-26(18-29(27)37-19-20-8-4-2-5-9-20)33-15-14-28(23)38-22-12-13-25(24(31)16-22)35-30(36)34-21-10-6-3-7-11-21/h2-18H,19H2,(H2,34,35,36). The van der Waals surface area contributed by atoms with Gasteiger partial charge in [0.1, 0.15) is 29.7 Å². The Morgan fingerprint density at radius 3 is 2.39 bits per heavy atom. The Bertz CT molecular complexity index is 1640. The molecule has 186 valence electrons. The van der Waals surface area contributed by atoms with E-state index in [9.17, 15) is 9.18 Å². The third-order valence-corrected chi connectivity index (χ3v) is 5.59. The average molecular weight is 505 g/mol. The molecule has 0 aliphatic carbocycles. The van der Waals surface area contributed by atoms with Gasteiger partial charge in [0.05, 0.1) is 17.8 Å². The number of carbonyl (C=O) groups is 1. The fraction of sp³-hybridized carbons (Fsp3) is 0.0333. The molecule has 5 aromatic rings. The van der Waals surface area contributed by atoms with E-state index in [4.69, 9.17) is 16.0 Å². The van der Waals surface area contributed by atoms with Gasteiger partial charge < -0.3 is 20.1 Å². The second-order valence-corrected chi connectivity index (χ2v) is 8.22. The first kappa shape index (κ1) is 24.3. The van der Waals surface area contributed by atoms with Crippen molar-refractivity contribution in [2.75, 3.05) is 10.6 Å². The molecule has 0 radical (unpaired) electrons. The van der Waals surface area contributed by atoms with Gasteiger partial charge in [-0.3, -0.25) is 4.98 Å². The van der Waals surface area contributed by atoms with E-state index in [2.05, 4.69) is 20.5 Å². The summed E-state index contributed by atoms with van der Waals surface area (Å²) >= 11 is 0. The smallest absolute Gasteiger partial charge is 0.323 e. The number of ether oxygens (including phenoxy) is 2. The molecule has 1 aromatic heterocycles. The van der Waals surface area contributed by atoms with Gasteiger partial charge in [-0.25, -0.2) is 14.0 Å². The molecular formula is C30H21FN4O3. The first-order chi connectivity index (χ1) is 18.6. The molecule has 38 heavy (non-hydrogen) atoms. The van der Waals surface area contributed by atoms with Crippen LogP contribution in [-0.4, -0.2) is 11.0 Å². The lowest BCUT2D eigenvalue weighted by Gasteiger charge is -2.13. The highest BCUT2D eigenvalue weighted by molar-refractivity contribution is 5.99. The van der Waals surface area contributed by atoms with Gasteiger partial charge in [-0.2, -0.15) is 0 Å². The van der Waals surface area contributed by atoms with Gasteiger partial charge in [0.25, 0.3) is 0 Å². The number of pyridine rings is 1. The largest absolute Gasteiger partial charge is 0.500 e. The van der Waals surface area contributed by atoms with Gasteiger partial charge in [-0.15, -0.1) is 0 Å². The fourth-order valence-electron chi connectivity index (χ4n) is 3.76. The molecule has 0 saturated heterocycles. The first-order valence-electron chi connectivity index (χ1n) is 11.7. The summed E-state index contributed by atoms with van der Waals surface area (Å²) in [5, 5.41) is 5.70. The summed E-state index contributed by atoms with van der Waals surface area (Å²) < 4.78 is 26.6. The Hall–Kier alpha value is -5.42. The van der Waals surface area contributed by atoms with Gasteiger partial charge in [0.2, 0.25) is 5.69 Å². The molecule has 0 bridgehead atoms. The maximum absolute atomic E-state index is 14.8. The monoisotopic (exact) mass is 504 g/mol. The first-order valence-corrected chi connectivity index (χ1v) is 11.7. The number of hydrogen-bond acceptors (Lipinski definition) is 4. The van der Waals surface area contributed by atoms with Crippen LogP contribution in [-0.2, 0) is 6.61 Å². The molecule has 7 nitrogen and oxygen atoms in total. The van der Waals surface area contributed by atoms with Crippen molar-refractivity contribution in [3.8, 4) is 17.2 Å². The Labute approximate surface area is 218 Å². The molecular weight excluding hydrogens is 483 g/mol. The zero-order chi connectivity index (χ0) is 26.3. The maximum atomic E-state index is 14.8. The SMILES string of the molecule is [C-]#[N+]c1cc2c(Oc3ccc(NC(=O)Nc4ccccc4)c(F)c3)ccnc2cc1OCc1ccccc1. The number of para-hydroxylation sites is 1. The van der Waals surface area contributed by atoms with E-state index in [0.29, 0.717) is 40.4 Å².